The van der Waals surface area contributed by atoms with E-state index in [0.29, 0.717) is 0 Å². The number of rotatable bonds is 0. The van der Waals surface area contributed by atoms with Crippen molar-refractivity contribution in [2.45, 2.75) is 31.2 Å². The van der Waals surface area contributed by atoms with Crippen LogP contribution in [-0.2, 0) is 0 Å². The van der Waals surface area contributed by atoms with Crippen LogP contribution in [0.25, 0.3) is 0 Å². The molecule has 98 valence electrons. The molecule has 2 aliphatic heterocycles. The highest BCUT2D eigenvalue weighted by Crippen LogP contribution is 2.36. The number of hydrogen-bond acceptors (Lipinski definition) is 4. The van der Waals surface area contributed by atoms with Crippen LogP contribution in [0.5, 0.6) is 0 Å². The standard InChI is InChI=1S/C12H19N5O/c1-15-7-5-12(8-15)4-2-3-6-16(12)11(18)17-10-13-9-14-17/h9-10H,2-8H2,1H3. The molecule has 0 aliphatic carbocycles. The summed E-state index contributed by atoms with van der Waals surface area (Å²) in [6.45, 7) is 2.89. The Hall–Kier alpha value is -1.43. The van der Waals surface area contributed by atoms with Crippen LogP contribution in [0.2, 0.25) is 0 Å². The summed E-state index contributed by atoms with van der Waals surface area (Å²) in [5, 5.41) is 3.97. The van der Waals surface area contributed by atoms with Crippen molar-refractivity contribution >= 4 is 6.03 Å². The zero-order chi connectivity index (χ0) is 12.6. The highest BCUT2D eigenvalue weighted by molar-refractivity contribution is 5.76. The number of carbonyl (C=O) groups is 1. The Morgan fingerprint density at radius 3 is 2.83 bits per heavy atom. The number of hydrogen-bond donors (Lipinski definition) is 0. The van der Waals surface area contributed by atoms with E-state index in [9.17, 15) is 4.79 Å². The molecule has 1 aromatic heterocycles. The van der Waals surface area contributed by atoms with E-state index in [1.807, 2.05) is 4.90 Å². The fraction of sp³-hybridized carbons (Fsp3) is 0.750. The molecule has 1 unspecified atom stereocenters. The summed E-state index contributed by atoms with van der Waals surface area (Å²) in [4.78, 5) is 20.7. The number of amides is 1. The van der Waals surface area contributed by atoms with E-state index in [1.165, 1.54) is 23.8 Å². The third-order valence-corrected chi connectivity index (χ3v) is 4.22. The predicted octanol–water partition coefficient (Wildman–Crippen LogP) is 0.806. The largest absolute Gasteiger partial charge is 0.346 e. The number of piperidine rings is 1. The van der Waals surface area contributed by atoms with Gasteiger partial charge in [0, 0.05) is 19.6 Å². The number of likely N-dealkylation sites (tertiary alicyclic amines) is 2. The van der Waals surface area contributed by atoms with E-state index in [1.54, 1.807) is 0 Å². The van der Waals surface area contributed by atoms with Gasteiger partial charge in [0.2, 0.25) is 0 Å². The van der Waals surface area contributed by atoms with E-state index in [2.05, 4.69) is 22.0 Å². The second kappa shape index (κ2) is 4.35. The monoisotopic (exact) mass is 249 g/mol. The van der Waals surface area contributed by atoms with Gasteiger partial charge in [-0.3, -0.25) is 0 Å². The minimum atomic E-state index is -0.0255. The van der Waals surface area contributed by atoms with Crippen LogP contribution in [0, 0.1) is 0 Å². The van der Waals surface area contributed by atoms with Crippen LogP contribution < -0.4 is 0 Å². The summed E-state index contributed by atoms with van der Waals surface area (Å²) >= 11 is 0. The van der Waals surface area contributed by atoms with Gasteiger partial charge >= 0.3 is 6.03 Å². The summed E-state index contributed by atoms with van der Waals surface area (Å²) in [5.74, 6) is 0. The molecule has 6 nitrogen and oxygen atoms in total. The van der Waals surface area contributed by atoms with E-state index in [0.717, 1.165) is 38.9 Å². The normalized spacial score (nSPS) is 29.1. The first kappa shape index (κ1) is 11.6. The fourth-order valence-electron chi connectivity index (χ4n) is 3.31. The quantitative estimate of drug-likeness (QED) is 0.682. The molecule has 1 amide bonds. The molecular weight excluding hydrogens is 230 g/mol. The molecule has 0 radical (unpaired) electrons. The molecule has 2 saturated heterocycles. The lowest BCUT2D eigenvalue weighted by Crippen LogP contribution is -2.57. The van der Waals surface area contributed by atoms with Crippen molar-refractivity contribution < 1.29 is 4.79 Å². The maximum atomic E-state index is 12.5. The second-order valence-electron chi connectivity index (χ2n) is 5.44. The molecule has 0 saturated carbocycles. The Morgan fingerprint density at radius 2 is 2.17 bits per heavy atom. The Labute approximate surface area is 107 Å². The van der Waals surface area contributed by atoms with Crippen LogP contribution in [-0.4, -0.2) is 62.8 Å². The molecule has 1 aromatic rings. The Kier molecular flexibility index (Phi) is 2.81. The molecule has 6 heteroatoms. The second-order valence-corrected chi connectivity index (χ2v) is 5.44. The SMILES string of the molecule is CN1CCC2(CCCCN2C(=O)n2cncn2)C1. The topological polar surface area (TPSA) is 54.3 Å². The van der Waals surface area contributed by atoms with Gasteiger partial charge in [0.25, 0.3) is 0 Å². The van der Waals surface area contributed by atoms with Crippen LogP contribution in [0.3, 0.4) is 0 Å². The van der Waals surface area contributed by atoms with Crippen molar-refractivity contribution in [2.24, 2.45) is 0 Å². The van der Waals surface area contributed by atoms with Gasteiger partial charge in [-0.2, -0.15) is 9.78 Å². The fourth-order valence-corrected chi connectivity index (χ4v) is 3.31. The van der Waals surface area contributed by atoms with Gasteiger partial charge in [0.05, 0.1) is 5.54 Å². The summed E-state index contributed by atoms with van der Waals surface area (Å²) in [6, 6.07) is -0.0255. The highest BCUT2D eigenvalue weighted by Gasteiger charge is 2.45. The molecule has 1 atom stereocenters. The van der Waals surface area contributed by atoms with E-state index < -0.39 is 0 Å². The van der Waals surface area contributed by atoms with Gasteiger partial charge in [-0.25, -0.2) is 9.78 Å². The molecule has 0 aromatic carbocycles. The van der Waals surface area contributed by atoms with Gasteiger partial charge in [0.15, 0.2) is 0 Å². The lowest BCUT2D eigenvalue weighted by molar-refractivity contribution is 0.0820. The van der Waals surface area contributed by atoms with Crippen molar-refractivity contribution in [1.82, 2.24) is 24.6 Å². The van der Waals surface area contributed by atoms with Crippen molar-refractivity contribution in [3.05, 3.63) is 12.7 Å². The van der Waals surface area contributed by atoms with E-state index >= 15 is 0 Å². The summed E-state index contributed by atoms with van der Waals surface area (Å²) in [7, 11) is 2.13. The smallest absolute Gasteiger partial charge is 0.316 e. The summed E-state index contributed by atoms with van der Waals surface area (Å²) in [6.07, 6.45) is 7.39. The van der Waals surface area contributed by atoms with E-state index in [-0.39, 0.29) is 11.6 Å². The number of carbonyl (C=O) groups excluding carboxylic acids is 1. The lowest BCUT2D eigenvalue weighted by Gasteiger charge is -2.44. The number of nitrogens with zero attached hydrogens (tertiary/aromatic N) is 5. The molecule has 2 fully saturated rings. The van der Waals surface area contributed by atoms with Crippen LogP contribution >= 0.6 is 0 Å². The van der Waals surface area contributed by atoms with Crippen LogP contribution in [0.1, 0.15) is 25.7 Å². The van der Waals surface area contributed by atoms with Crippen molar-refractivity contribution in [2.75, 3.05) is 26.7 Å². The van der Waals surface area contributed by atoms with Crippen molar-refractivity contribution in [3.8, 4) is 0 Å². The van der Waals surface area contributed by atoms with Gasteiger partial charge in [0.1, 0.15) is 12.7 Å². The average Bonchev–Trinajstić information content (AvgIpc) is 3.00. The zero-order valence-electron chi connectivity index (χ0n) is 10.7. The van der Waals surface area contributed by atoms with E-state index in [4.69, 9.17) is 0 Å². The molecule has 2 aliphatic rings. The highest BCUT2D eigenvalue weighted by atomic mass is 16.2. The van der Waals surface area contributed by atoms with Gasteiger partial charge in [-0.1, -0.05) is 0 Å². The first-order valence-electron chi connectivity index (χ1n) is 6.56. The first-order valence-corrected chi connectivity index (χ1v) is 6.56. The minimum absolute atomic E-state index is 0.0238. The molecule has 3 rings (SSSR count). The first-order chi connectivity index (χ1) is 8.71. The minimum Gasteiger partial charge on any atom is -0.316 e. The Bertz CT molecular complexity index is 428. The molecule has 3 heterocycles. The van der Waals surface area contributed by atoms with Crippen molar-refractivity contribution in [3.63, 3.8) is 0 Å². The molecule has 18 heavy (non-hydrogen) atoms. The maximum Gasteiger partial charge on any atom is 0.346 e. The maximum absolute atomic E-state index is 12.5. The predicted molar refractivity (Wildman–Crippen MR) is 66.2 cm³/mol. The molecule has 0 bridgehead atoms. The average molecular weight is 249 g/mol. The van der Waals surface area contributed by atoms with Crippen LogP contribution in [0.4, 0.5) is 4.79 Å². The molecule has 1 spiro atoms. The van der Waals surface area contributed by atoms with Gasteiger partial charge in [-0.15, -0.1) is 0 Å². The molecule has 0 N–H and O–H groups in total. The zero-order valence-corrected chi connectivity index (χ0v) is 10.7. The third-order valence-electron chi connectivity index (χ3n) is 4.22. The van der Waals surface area contributed by atoms with Gasteiger partial charge < -0.3 is 9.80 Å². The number of aromatic nitrogens is 3. The Morgan fingerprint density at radius 1 is 1.28 bits per heavy atom. The molecular formula is C12H19N5O. The van der Waals surface area contributed by atoms with Crippen molar-refractivity contribution in [1.29, 1.82) is 0 Å². The van der Waals surface area contributed by atoms with Gasteiger partial charge in [-0.05, 0) is 32.7 Å². The summed E-state index contributed by atoms with van der Waals surface area (Å²) in [5.41, 5.74) is 0.0238. The number of likely N-dealkylation sites (N-methyl/N-ethyl adjacent to an activating group) is 1. The lowest BCUT2D eigenvalue weighted by atomic mass is 9.86. The summed E-state index contributed by atoms with van der Waals surface area (Å²) < 4.78 is 1.35. The third kappa shape index (κ3) is 1.80. The Balaban J connectivity index is 1.86. The van der Waals surface area contributed by atoms with Crippen LogP contribution in [0.15, 0.2) is 12.7 Å².